The quantitative estimate of drug-likeness (QED) is 0.456. The Morgan fingerprint density at radius 3 is 2.65 bits per heavy atom. The maximum atomic E-state index is 11.2. The van der Waals surface area contributed by atoms with E-state index in [0.717, 1.165) is 22.4 Å². The fourth-order valence-corrected chi connectivity index (χ4v) is 3.68. The van der Waals surface area contributed by atoms with E-state index >= 15 is 0 Å². The molecule has 0 amide bonds. The Morgan fingerprint density at radius 2 is 1.92 bits per heavy atom. The molecule has 0 fully saturated rings. The van der Waals surface area contributed by atoms with Crippen molar-refractivity contribution in [3.05, 3.63) is 70.3 Å². The summed E-state index contributed by atoms with van der Waals surface area (Å²) in [7, 11) is 0. The van der Waals surface area contributed by atoms with E-state index in [0.29, 0.717) is 18.5 Å². The van der Waals surface area contributed by atoms with E-state index in [1.165, 1.54) is 0 Å². The molecule has 0 unspecified atom stereocenters. The molecule has 0 saturated carbocycles. The van der Waals surface area contributed by atoms with Crippen LogP contribution in [0.25, 0.3) is 22.0 Å². The van der Waals surface area contributed by atoms with Crippen molar-refractivity contribution >= 4 is 27.9 Å². The third-order valence-corrected chi connectivity index (χ3v) is 4.97. The van der Waals surface area contributed by atoms with Crippen LogP contribution in [0.2, 0.25) is 0 Å². The minimum absolute atomic E-state index is 0.0663. The van der Waals surface area contributed by atoms with Crippen molar-refractivity contribution < 1.29 is 9.84 Å². The lowest BCUT2D eigenvalue weighted by molar-refractivity contribution is 0.290. The first-order valence-corrected chi connectivity index (χ1v) is 9.11. The first-order chi connectivity index (χ1) is 12.8. The fourth-order valence-electron chi connectivity index (χ4n) is 3.01. The summed E-state index contributed by atoms with van der Waals surface area (Å²) in [6.07, 6.45) is 0. The molecule has 130 valence electrons. The van der Waals surface area contributed by atoms with Crippen LogP contribution in [0.3, 0.4) is 0 Å². The molecule has 1 N–H and O–H groups in total. The molecule has 0 spiro atoms. The van der Waals surface area contributed by atoms with Crippen LogP contribution in [-0.2, 0) is 6.54 Å². The lowest BCUT2D eigenvalue weighted by Gasteiger charge is -2.09. The first-order valence-electron chi connectivity index (χ1n) is 8.17. The van der Waals surface area contributed by atoms with E-state index in [2.05, 4.69) is 10.6 Å². The van der Waals surface area contributed by atoms with Gasteiger partial charge >= 0.3 is 0 Å². The molecule has 2 aromatic carbocycles. The SMILES string of the molecule is O=Nc1c(O)n(CCOc2ccccc2)c2cc(-c3ccsc3)ccc12. The molecule has 6 heteroatoms. The van der Waals surface area contributed by atoms with Crippen LogP contribution in [0, 0.1) is 4.91 Å². The van der Waals surface area contributed by atoms with Gasteiger partial charge in [0, 0.05) is 5.39 Å². The molecule has 0 aliphatic heterocycles. The van der Waals surface area contributed by atoms with Gasteiger partial charge in [-0.1, -0.05) is 24.3 Å². The predicted octanol–water partition coefficient (Wildman–Crippen LogP) is 5.55. The van der Waals surface area contributed by atoms with E-state index in [4.69, 9.17) is 4.74 Å². The summed E-state index contributed by atoms with van der Waals surface area (Å²) in [4.78, 5) is 11.2. The maximum Gasteiger partial charge on any atom is 0.222 e. The highest BCUT2D eigenvalue weighted by atomic mass is 32.1. The predicted molar refractivity (Wildman–Crippen MR) is 104 cm³/mol. The largest absolute Gasteiger partial charge is 0.493 e. The number of aromatic hydroxyl groups is 1. The number of hydrogen-bond acceptors (Lipinski definition) is 5. The van der Waals surface area contributed by atoms with Gasteiger partial charge in [-0.15, -0.1) is 4.91 Å². The third kappa shape index (κ3) is 2.95. The van der Waals surface area contributed by atoms with Crippen molar-refractivity contribution in [2.75, 3.05) is 6.61 Å². The van der Waals surface area contributed by atoms with E-state index < -0.39 is 0 Å². The minimum Gasteiger partial charge on any atom is -0.493 e. The summed E-state index contributed by atoms with van der Waals surface area (Å²) in [5, 5.41) is 18.2. The van der Waals surface area contributed by atoms with Gasteiger partial charge in [-0.25, -0.2) is 0 Å². The Kier molecular flexibility index (Phi) is 4.41. The van der Waals surface area contributed by atoms with Crippen LogP contribution in [0.5, 0.6) is 11.6 Å². The number of hydrogen-bond donors (Lipinski definition) is 1. The normalized spacial score (nSPS) is 10.9. The average Bonchev–Trinajstić information content (AvgIpc) is 3.29. The summed E-state index contributed by atoms with van der Waals surface area (Å²) in [6.45, 7) is 0.766. The summed E-state index contributed by atoms with van der Waals surface area (Å²) in [5.41, 5.74) is 2.96. The number of para-hydroxylation sites is 1. The minimum atomic E-state index is -0.130. The number of nitroso groups, excluding NO2 is 1. The molecule has 0 radical (unpaired) electrons. The number of benzene rings is 2. The van der Waals surface area contributed by atoms with Crippen molar-refractivity contribution in [2.45, 2.75) is 6.54 Å². The second kappa shape index (κ2) is 7.01. The summed E-state index contributed by atoms with van der Waals surface area (Å²) in [5.74, 6) is 0.630. The standard InChI is InChI=1S/C20H16N2O3S/c23-20-19(21-24)17-7-6-14(15-8-11-26-13-15)12-18(17)22(20)9-10-25-16-4-2-1-3-5-16/h1-8,11-13,23H,9-10H2. The molecule has 0 atom stereocenters. The Morgan fingerprint density at radius 1 is 1.08 bits per heavy atom. The number of thiophene rings is 1. The van der Waals surface area contributed by atoms with Crippen LogP contribution < -0.4 is 4.74 Å². The van der Waals surface area contributed by atoms with Crippen molar-refractivity contribution in [3.63, 3.8) is 0 Å². The number of rotatable bonds is 6. The number of fused-ring (bicyclic) bond motifs is 1. The summed E-state index contributed by atoms with van der Waals surface area (Å²) < 4.78 is 7.39. The number of nitrogens with zero attached hydrogens (tertiary/aromatic N) is 2. The third-order valence-electron chi connectivity index (χ3n) is 4.28. The lowest BCUT2D eigenvalue weighted by atomic mass is 10.1. The number of ether oxygens (including phenoxy) is 1. The number of aromatic nitrogens is 1. The second-order valence-electron chi connectivity index (χ2n) is 5.82. The van der Waals surface area contributed by atoms with Crippen molar-refractivity contribution in [2.24, 2.45) is 5.18 Å². The summed E-state index contributed by atoms with van der Waals surface area (Å²) >= 11 is 1.62. The molecular weight excluding hydrogens is 348 g/mol. The van der Waals surface area contributed by atoms with E-state index in [9.17, 15) is 10.0 Å². The molecule has 26 heavy (non-hydrogen) atoms. The zero-order valence-electron chi connectivity index (χ0n) is 13.8. The highest BCUT2D eigenvalue weighted by Crippen LogP contribution is 2.40. The van der Waals surface area contributed by atoms with Crippen LogP contribution >= 0.6 is 11.3 Å². The van der Waals surface area contributed by atoms with Gasteiger partial charge in [0.25, 0.3) is 0 Å². The molecule has 2 heterocycles. The zero-order valence-corrected chi connectivity index (χ0v) is 14.6. The van der Waals surface area contributed by atoms with Gasteiger partial charge in [0.2, 0.25) is 5.88 Å². The fraction of sp³-hybridized carbons (Fsp3) is 0.100. The highest BCUT2D eigenvalue weighted by molar-refractivity contribution is 7.08. The van der Waals surface area contributed by atoms with Gasteiger partial charge in [-0.3, -0.25) is 0 Å². The van der Waals surface area contributed by atoms with Gasteiger partial charge in [0.05, 0.1) is 12.1 Å². The van der Waals surface area contributed by atoms with E-state index in [1.807, 2.05) is 60.0 Å². The average molecular weight is 364 g/mol. The monoisotopic (exact) mass is 364 g/mol. The van der Waals surface area contributed by atoms with Gasteiger partial charge < -0.3 is 14.4 Å². The van der Waals surface area contributed by atoms with E-state index in [-0.39, 0.29) is 11.6 Å². The van der Waals surface area contributed by atoms with Crippen molar-refractivity contribution in [1.29, 1.82) is 0 Å². The molecule has 4 aromatic rings. The van der Waals surface area contributed by atoms with Gasteiger partial charge in [0.15, 0.2) is 5.69 Å². The molecule has 5 nitrogen and oxygen atoms in total. The molecule has 0 aliphatic rings. The van der Waals surface area contributed by atoms with Gasteiger partial charge in [-0.05, 0) is 57.4 Å². The Labute approximate surface area is 154 Å². The first kappa shape index (κ1) is 16.4. The molecule has 0 aliphatic carbocycles. The molecule has 2 aromatic heterocycles. The highest BCUT2D eigenvalue weighted by Gasteiger charge is 2.18. The van der Waals surface area contributed by atoms with Crippen molar-refractivity contribution in [3.8, 4) is 22.8 Å². The van der Waals surface area contributed by atoms with E-state index in [1.54, 1.807) is 15.9 Å². The molecule has 4 rings (SSSR count). The lowest BCUT2D eigenvalue weighted by Crippen LogP contribution is -2.07. The van der Waals surface area contributed by atoms with Crippen LogP contribution in [0.15, 0.2) is 70.5 Å². The molecular formula is C20H16N2O3S. The maximum absolute atomic E-state index is 11.2. The molecule has 0 bridgehead atoms. The van der Waals surface area contributed by atoms with Crippen LogP contribution in [0.1, 0.15) is 0 Å². The van der Waals surface area contributed by atoms with Crippen LogP contribution in [0.4, 0.5) is 5.69 Å². The second-order valence-corrected chi connectivity index (χ2v) is 6.60. The Hall–Kier alpha value is -3.12. The van der Waals surface area contributed by atoms with Gasteiger partial charge in [-0.2, -0.15) is 11.3 Å². The topological polar surface area (TPSA) is 63.8 Å². The smallest absolute Gasteiger partial charge is 0.222 e. The Bertz CT molecular complexity index is 1040. The summed E-state index contributed by atoms with van der Waals surface area (Å²) in [6, 6.07) is 17.2. The van der Waals surface area contributed by atoms with Crippen LogP contribution in [-0.4, -0.2) is 16.3 Å². The zero-order chi connectivity index (χ0) is 17.9. The molecule has 0 saturated heterocycles. The van der Waals surface area contributed by atoms with Crippen molar-refractivity contribution in [1.82, 2.24) is 4.57 Å². The van der Waals surface area contributed by atoms with Gasteiger partial charge in [0.1, 0.15) is 12.4 Å². The Balaban J connectivity index is 1.68.